The summed E-state index contributed by atoms with van der Waals surface area (Å²) in [5.74, 6) is 0.330. The summed E-state index contributed by atoms with van der Waals surface area (Å²) in [6.07, 6.45) is 0.0775. The molecule has 0 radical (unpaired) electrons. The highest BCUT2D eigenvalue weighted by atomic mass is 35.5. The van der Waals surface area contributed by atoms with Crippen LogP contribution < -0.4 is 10.1 Å². The van der Waals surface area contributed by atoms with Gasteiger partial charge in [-0.1, -0.05) is 17.7 Å². The molecule has 4 nitrogen and oxygen atoms in total. The fraction of sp³-hybridized carbons (Fsp3) is 0.417. The molecule has 1 aromatic carbocycles. The number of halogens is 1. The van der Waals surface area contributed by atoms with Crippen LogP contribution in [0.4, 0.5) is 0 Å². The number of hydrogen-bond donors (Lipinski definition) is 1. The monoisotopic (exact) mass is 255 g/mol. The van der Waals surface area contributed by atoms with Crippen LogP contribution in [-0.2, 0) is 16.1 Å². The van der Waals surface area contributed by atoms with Gasteiger partial charge in [0, 0.05) is 23.6 Å². The van der Waals surface area contributed by atoms with E-state index in [1.165, 1.54) is 0 Å². The minimum absolute atomic E-state index is 0.305. The van der Waals surface area contributed by atoms with Crippen molar-refractivity contribution in [3.8, 4) is 5.75 Å². The quantitative estimate of drug-likeness (QED) is 0.833. The number of cyclic esters (lactones) is 1. The van der Waals surface area contributed by atoms with Gasteiger partial charge in [-0.15, -0.1) is 0 Å². The lowest BCUT2D eigenvalue weighted by molar-refractivity contribution is -0.143. The maximum atomic E-state index is 11.3. The Hall–Kier alpha value is -1.26. The zero-order valence-corrected chi connectivity index (χ0v) is 10.3. The van der Waals surface area contributed by atoms with Crippen molar-refractivity contribution in [1.29, 1.82) is 0 Å². The number of hydrogen-bond acceptors (Lipinski definition) is 4. The molecule has 17 heavy (non-hydrogen) atoms. The van der Waals surface area contributed by atoms with E-state index in [-0.39, 0.29) is 5.97 Å². The second-order valence-corrected chi connectivity index (χ2v) is 4.22. The first kappa shape index (κ1) is 12.2. The highest BCUT2D eigenvalue weighted by Crippen LogP contribution is 2.28. The molecule has 1 unspecified atom stereocenters. The third-order valence-corrected chi connectivity index (χ3v) is 2.94. The van der Waals surface area contributed by atoms with Crippen LogP contribution in [0.1, 0.15) is 12.0 Å². The van der Waals surface area contributed by atoms with Gasteiger partial charge >= 0.3 is 5.97 Å². The summed E-state index contributed by atoms with van der Waals surface area (Å²) in [5, 5.41) is 3.65. The highest BCUT2D eigenvalue weighted by molar-refractivity contribution is 6.31. The Morgan fingerprint density at radius 2 is 2.41 bits per heavy atom. The molecule has 1 aliphatic heterocycles. The molecule has 1 heterocycles. The smallest absolute Gasteiger partial charge is 0.347 e. The molecule has 2 rings (SSSR count). The Bertz CT molecular complexity index is 422. The van der Waals surface area contributed by atoms with E-state index in [2.05, 4.69) is 5.32 Å². The molecular weight excluding hydrogens is 242 g/mol. The number of rotatable bonds is 4. The lowest BCUT2D eigenvalue weighted by atomic mass is 10.2. The van der Waals surface area contributed by atoms with Gasteiger partial charge in [-0.3, -0.25) is 0 Å². The maximum Gasteiger partial charge on any atom is 0.347 e. The first-order valence-electron chi connectivity index (χ1n) is 5.47. The van der Waals surface area contributed by atoms with Gasteiger partial charge in [0.1, 0.15) is 5.75 Å². The summed E-state index contributed by atoms with van der Waals surface area (Å²) in [4.78, 5) is 11.3. The molecule has 92 valence electrons. The van der Waals surface area contributed by atoms with Crippen LogP contribution in [0.5, 0.6) is 5.75 Å². The summed E-state index contributed by atoms with van der Waals surface area (Å²) >= 11 is 6.09. The van der Waals surface area contributed by atoms with Gasteiger partial charge in [-0.2, -0.15) is 0 Å². The lowest BCUT2D eigenvalue weighted by Crippen LogP contribution is -2.22. The minimum Gasteiger partial charge on any atom is -0.478 e. The largest absolute Gasteiger partial charge is 0.478 e. The summed E-state index contributed by atoms with van der Waals surface area (Å²) in [5.41, 5.74) is 0.858. The molecule has 1 fully saturated rings. The average Bonchev–Trinajstić information content (AvgIpc) is 2.70. The molecule has 0 saturated carbocycles. The van der Waals surface area contributed by atoms with Crippen molar-refractivity contribution in [3.05, 3.63) is 28.8 Å². The molecule has 5 heteroatoms. The van der Waals surface area contributed by atoms with Crippen LogP contribution in [0.3, 0.4) is 0 Å². The Morgan fingerprint density at radius 1 is 1.59 bits per heavy atom. The van der Waals surface area contributed by atoms with Gasteiger partial charge < -0.3 is 14.8 Å². The van der Waals surface area contributed by atoms with E-state index < -0.39 is 6.10 Å². The van der Waals surface area contributed by atoms with E-state index in [9.17, 15) is 4.79 Å². The van der Waals surface area contributed by atoms with Crippen molar-refractivity contribution < 1.29 is 14.3 Å². The fourth-order valence-corrected chi connectivity index (χ4v) is 1.97. The number of carbonyl (C=O) groups excluding carboxylic acids is 1. The van der Waals surface area contributed by atoms with Gasteiger partial charge in [0.05, 0.1) is 6.61 Å². The van der Waals surface area contributed by atoms with Gasteiger partial charge in [0.25, 0.3) is 0 Å². The molecule has 1 N–H and O–H groups in total. The third-order valence-electron chi connectivity index (χ3n) is 2.59. The number of esters is 1. The minimum atomic E-state index is -0.510. The normalized spacial score (nSPS) is 19.2. The number of nitrogens with one attached hydrogen (secondary N) is 1. The van der Waals surface area contributed by atoms with Crippen LogP contribution in [0.25, 0.3) is 0 Å². The van der Waals surface area contributed by atoms with Gasteiger partial charge in [0.2, 0.25) is 0 Å². The molecule has 0 bridgehead atoms. The Morgan fingerprint density at radius 3 is 3.06 bits per heavy atom. The Labute approximate surface area is 105 Å². The molecule has 1 aromatic rings. The van der Waals surface area contributed by atoms with E-state index in [0.717, 1.165) is 5.56 Å². The average molecular weight is 256 g/mol. The van der Waals surface area contributed by atoms with Crippen molar-refractivity contribution in [2.24, 2.45) is 0 Å². The zero-order chi connectivity index (χ0) is 12.3. The Balaban J connectivity index is 2.19. The van der Waals surface area contributed by atoms with Crippen LogP contribution >= 0.6 is 11.6 Å². The fourth-order valence-electron chi connectivity index (χ4n) is 1.74. The zero-order valence-electron chi connectivity index (χ0n) is 9.53. The molecule has 1 saturated heterocycles. The third kappa shape index (κ3) is 2.70. The van der Waals surface area contributed by atoms with E-state index in [0.29, 0.717) is 30.3 Å². The van der Waals surface area contributed by atoms with Crippen LogP contribution in [-0.4, -0.2) is 25.7 Å². The summed E-state index contributed by atoms with van der Waals surface area (Å²) in [6, 6.07) is 5.41. The SMILES string of the molecule is CNCc1c(Cl)cccc1OC1CCOC1=O. The first-order chi connectivity index (χ1) is 8.22. The van der Waals surface area contributed by atoms with Crippen LogP contribution in [0.2, 0.25) is 5.02 Å². The van der Waals surface area contributed by atoms with Gasteiger partial charge in [-0.05, 0) is 19.2 Å². The van der Waals surface area contributed by atoms with E-state index >= 15 is 0 Å². The standard InChI is InChI=1S/C12H14ClNO3/c1-14-7-8-9(13)3-2-4-10(8)17-11-5-6-16-12(11)15/h2-4,11,14H,5-7H2,1H3. The predicted octanol–water partition coefficient (Wildman–Crippen LogP) is 1.75. The van der Waals surface area contributed by atoms with Crippen molar-refractivity contribution in [1.82, 2.24) is 5.32 Å². The molecule has 1 atom stereocenters. The molecule has 0 amide bonds. The number of ether oxygens (including phenoxy) is 2. The van der Waals surface area contributed by atoms with Crippen molar-refractivity contribution in [2.45, 2.75) is 19.1 Å². The second kappa shape index (κ2) is 5.38. The highest BCUT2D eigenvalue weighted by Gasteiger charge is 2.29. The predicted molar refractivity (Wildman–Crippen MR) is 64.2 cm³/mol. The Kier molecular flexibility index (Phi) is 3.86. The molecule has 0 aliphatic carbocycles. The van der Waals surface area contributed by atoms with E-state index in [1.54, 1.807) is 12.1 Å². The molecular formula is C12H14ClNO3. The van der Waals surface area contributed by atoms with Gasteiger partial charge in [0.15, 0.2) is 6.10 Å². The number of benzene rings is 1. The molecule has 1 aliphatic rings. The summed E-state index contributed by atoms with van der Waals surface area (Å²) < 4.78 is 10.5. The topological polar surface area (TPSA) is 47.6 Å². The molecule has 0 aromatic heterocycles. The van der Waals surface area contributed by atoms with E-state index in [4.69, 9.17) is 21.1 Å². The molecule has 0 spiro atoms. The summed E-state index contributed by atoms with van der Waals surface area (Å²) in [7, 11) is 1.83. The van der Waals surface area contributed by atoms with E-state index in [1.807, 2.05) is 13.1 Å². The van der Waals surface area contributed by atoms with Crippen molar-refractivity contribution in [3.63, 3.8) is 0 Å². The van der Waals surface area contributed by atoms with Crippen LogP contribution in [0, 0.1) is 0 Å². The van der Waals surface area contributed by atoms with Crippen LogP contribution in [0.15, 0.2) is 18.2 Å². The van der Waals surface area contributed by atoms with Gasteiger partial charge in [-0.25, -0.2) is 4.79 Å². The first-order valence-corrected chi connectivity index (χ1v) is 5.85. The lowest BCUT2D eigenvalue weighted by Gasteiger charge is -2.15. The summed E-state index contributed by atoms with van der Waals surface area (Å²) in [6.45, 7) is 1.02. The second-order valence-electron chi connectivity index (χ2n) is 3.81. The van der Waals surface area contributed by atoms with Crippen molar-refractivity contribution >= 4 is 17.6 Å². The van der Waals surface area contributed by atoms with Crippen molar-refractivity contribution in [2.75, 3.05) is 13.7 Å². The maximum absolute atomic E-state index is 11.3. The number of carbonyl (C=O) groups is 1.